The molecule has 10 rings (SSSR count). The van der Waals surface area contributed by atoms with Gasteiger partial charge in [0.05, 0.1) is 5.69 Å². The summed E-state index contributed by atoms with van der Waals surface area (Å²) in [7, 11) is 0. The molecule has 3 heterocycles. The second kappa shape index (κ2) is 13.0. The first-order chi connectivity index (χ1) is 28.6. The number of thiophene rings is 1. The van der Waals surface area contributed by atoms with Crippen LogP contribution in [0.25, 0.3) is 0 Å². The lowest BCUT2D eigenvalue weighted by Gasteiger charge is -2.48. The van der Waals surface area contributed by atoms with E-state index in [0.717, 1.165) is 0 Å². The fraction of sp³-hybridized carbons (Fsp3) is 0.517. The van der Waals surface area contributed by atoms with Crippen LogP contribution in [-0.4, -0.2) is 6.71 Å². The maximum absolute atomic E-state index is 2.76. The van der Waals surface area contributed by atoms with Crippen molar-refractivity contribution in [2.45, 2.75) is 194 Å². The molecule has 324 valence electrons. The fourth-order valence-electron chi connectivity index (χ4n) is 12.6. The first kappa shape index (κ1) is 42.2. The molecule has 4 aromatic carbocycles. The number of anilines is 6. The number of hydrogen-bond acceptors (Lipinski definition) is 3. The molecule has 3 aliphatic carbocycles. The van der Waals surface area contributed by atoms with Crippen LogP contribution < -0.4 is 25.5 Å². The highest BCUT2D eigenvalue weighted by Crippen LogP contribution is 2.58. The summed E-state index contributed by atoms with van der Waals surface area (Å²) in [5, 5.41) is 0. The number of aryl methyl sites for hydroxylation is 2. The van der Waals surface area contributed by atoms with Crippen LogP contribution in [0.5, 0.6) is 0 Å². The first-order valence-corrected chi connectivity index (χ1v) is 24.8. The van der Waals surface area contributed by atoms with Crippen molar-refractivity contribution < 1.29 is 0 Å². The van der Waals surface area contributed by atoms with Gasteiger partial charge in [-0.2, -0.15) is 11.3 Å². The molecule has 0 unspecified atom stereocenters. The van der Waals surface area contributed by atoms with E-state index in [-0.39, 0.29) is 44.6 Å². The van der Waals surface area contributed by atoms with Gasteiger partial charge in [-0.1, -0.05) is 128 Å². The van der Waals surface area contributed by atoms with E-state index in [9.17, 15) is 0 Å². The molecule has 0 spiro atoms. The van der Waals surface area contributed by atoms with Crippen LogP contribution in [0.4, 0.5) is 34.1 Å². The molecule has 0 saturated carbocycles. The molecule has 0 atom stereocenters. The van der Waals surface area contributed by atoms with Crippen LogP contribution in [0.15, 0.2) is 60.7 Å². The quantitative estimate of drug-likeness (QED) is 0.160. The van der Waals surface area contributed by atoms with Gasteiger partial charge in [0, 0.05) is 38.1 Å². The van der Waals surface area contributed by atoms with E-state index >= 15 is 0 Å². The lowest BCUT2D eigenvalue weighted by molar-refractivity contribution is 0.331. The molecule has 0 fully saturated rings. The van der Waals surface area contributed by atoms with Crippen LogP contribution in [0.2, 0.25) is 0 Å². The molecular weight excluding hydrogens is 768 g/mol. The Kier molecular flexibility index (Phi) is 8.82. The van der Waals surface area contributed by atoms with Crippen LogP contribution in [0.3, 0.4) is 0 Å². The van der Waals surface area contributed by atoms with Gasteiger partial charge in [-0.25, -0.2) is 0 Å². The zero-order valence-electron chi connectivity index (χ0n) is 41.4. The predicted octanol–water partition coefficient (Wildman–Crippen LogP) is 14.8. The zero-order valence-corrected chi connectivity index (χ0v) is 42.2. The van der Waals surface area contributed by atoms with Crippen LogP contribution in [0.1, 0.15) is 192 Å². The van der Waals surface area contributed by atoms with Gasteiger partial charge in [-0.3, -0.25) is 0 Å². The molecule has 4 heteroatoms. The monoisotopic (exact) mass is 841 g/mol. The van der Waals surface area contributed by atoms with Crippen molar-refractivity contribution in [2.24, 2.45) is 0 Å². The molecule has 62 heavy (non-hydrogen) atoms. The Labute approximate surface area is 380 Å². The summed E-state index contributed by atoms with van der Waals surface area (Å²) >= 11 is 2.15. The minimum absolute atomic E-state index is 0.0505. The summed E-state index contributed by atoms with van der Waals surface area (Å²) in [5.41, 5.74) is 23.6. The fourth-order valence-corrected chi connectivity index (χ4v) is 14.3. The Balaban J connectivity index is 1.35. The molecule has 2 nitrogen and oxygen atoms in total. The summed E-state index contributed by atoms with van der Waals surface area (Å²) < 4.78 is 1.54. The Morgan fingerprint density at radius 2 is 0.984 bits per heavy atom. The van der Waals surface area contributed by atoms with Gasteiger partial charge in [0.25, 0.3) is 6.71 Å². The highest BCUT2D eigenvalue weighted by atomic mass is 32.1. The maximum atomic E-state index is 2.76. The summed E-state index contributed by atoms with van der Waals surface area (Å²) in [4.78, 5) is 7.10. The van der Waals surface area contributed by atoms with E-state index in [2.05, 4.69) is 200 Å². The van der Waals surface area contributed by atoms with Crippen molar-refractivity contribution in [3.8, 4) is 0 Å². The van der Waals surface area contributed by atoms with Gasteiger partial charge in [0.1, 0.15) is 0 Å². The standard InChI is InChI=1S/C58H73BN2S/c1-34-28-45-48-46(29-34)61(43-32-40-38(30-35(43)2)53(6,7)22-24-55(40,10)11)44-33-41-39(54(8,9)23-25-56(41,12)13)31-42(44)59(48)51-49(47-50(62-51)58(16,17)27-26-57(47,14)15)60(45)37-20-18-36(19-21-37)52(3,4)5/h18-21,28-33H,22-27H2,1-17H3. The first-order valence-electron chi connectivity index (χ1n) is 24.0. The van der Waals surface area contributed by atoms with E-state index in [1.165, 1.54) is 122 Å². The number of nitrogens with zero attached hydrogens (tertiary/aromatic N) is 2. The van der Waals surface area contributed by atoms with Crippen molar-refractivity contribution in [2.75, 3.05) is 9.80 Å². The second-order valence-corrected chi connectivity index (χ2v) is 26.6. The minimum Gasteiger partial charge on any atom is -0.311 e. The largest absolute Gasteiger partial charge is 0.311 e. The number of benzene rings is 4. The molecule has 1 aromatic heterocycles. The molecule has 2 aliphatic heterocycles. The second-order valence-electron chi connectivity index (χ2n) is 25.6. The van der Waals surface area contributed by atoms with Gasteiger partial charge in [-0.15, -0.1) is 0 Å². The number of rotatable bonds is 2. The van der Waals surface area contributed by atoms with E-state index in [0.29, 0.717) is 0 Å². The van der Waals surface area contributed by atoms with E-state index in [4.69, 9.17) is 0 Å². The Morgan fingerprint density at radius 1 is 0.516 bits per heavy atom. The predicted molar refractivity (Wildman–Crippen MR) is 272 cm³/mol. The van der Waals surface area contributed by atoms with E-state index in [1.807, 2.05) is 0 Å². The lowest BCUT2D eigenvalue weighted by atomic mass is 9.35. The lowest BCUT2D eigenvalue weighted by Crippen LogP contribution is -2.61. The van der Waals surface area contributed by atoms with Crippen molar-refractivity contribution in [3.63, 3.8) is 0 Å². The third-order valence-electron chi connectivity index (χ3n) is 17.1. The number of hydrogen-bond donors (Lipinski definition) is 0. The smallest absolute Gasteiger partial charge is 0.264 e. The molecule has 5 aliphatic rings. The third kappa shape index (κ3) is 5.99. The Morgan fingerprint density at radius 3 is 1.53 bits per heavy atom. The van der Waals surface area contributed by atoms with Gasteiger partial charge in [-0.05, 0) is 182 Å². The van der Waals surface area contributed by atoms with Crippen LogP contribution in [0, 0.1) is 13.8 Å². The summed E-state index contributed by atoms with van der Waals surface area (Å²) in [6.45, 7) is 41.9. The molecule has 0 saturated heterocycles. The van der Waals surface area contributed by atoms with Crippen LogP contribution in [-0.2, 0) is 37.9 Å². The third-order valence-corrected chi connectivity index (χ3v) is 18.7. The molecule has 0 amide bonds. The molecular formula is C58H73BN2S. The highest BCUT2D eigenvalue weighted by Gasteiger charge is 2.52. The van der Waals surface area contributed by atoms with E-state index in [1.54, 1.807) is 16.0 Å². The normalized spacial score (nSPS) is 21.6. The molecule has 0 bridgehead atoms. The van der Waals surface area contributed by atoms with Crippen molar-refractivity contribution in [1.82, 2.24) is 0 Å². The maximum Gasteiger partial charge on any atom is 0.264 e. The zero-order chi connectivity index (χ0) is 44.6. The van der Waals surface area contributed by atoms with Crippen molar-refractivity contribution in [1.29, 1.82) is 0 Å². The van der Waals surface area contributed by atoms with Crippen molar-refractivity contribution >= 4 is 67.9 Å². The molecule has 0 radical (unpaired) electrons. The minimum atomic E-state index is 0.0505. The van der Waals surface area contributed by atoms with Gasteiger partial charge < -0.3 is 9.80 Å². The topological polar surface area (TPSA) is 6.48 Å². The highest BCUT2D eigenvalue weighted by molar-refractivity contribution is 7.29. The van der Waals surface area contributed by atoms with Gasteiger partial charge >= 0.3 is 0 Å². The average molecular weight is 841 g/mol. The molecule has 5 aromatic rings. The van der Waals surface area contributed by atoms with Crippen LogP contribution >= 0.6 is 11.3 Å². The van der Waals surface area contributed by atoms with E-state index < -0.39 is 0 Å². The average Bonchev–Trinajstić information content (AvgIpc) is 3.60. The summed E-state index contributed by atoms with van der Waals surface area (Å²) in [6, 6.07) is 25.4. The SMILES string of the molecule is Cc1cc2c3c(c1)N(c1ccc(C(C)(C)C)cc1)c1c(sc4c1C(C)(C)CCC4(C)C)B3c1cc3c(cc1N2c1cc2c(cc1C)C(C)(C)CCC2(C)C)C(C)(C)CCC3(C)C. The van der Waals surface area contributed by atoms with Crippen molar-refractivity contribution in [3.05, 3.63) is 110 Å². The van der Waals surface area contributed by atoms with Gasteiger partial charge in [0.15, 0.2) is 0 Å². The molecule has 0 N–H and O–H groups in total. The Bertz CT molecular complexity index is 2710. The summed E-state index contributed by atoms with van der Waals surface area (Å²) in [5.74, 6) is 0. The Hall–Kier alpha value is -3.76. The summed E-state index contributed by atoms with van der Waals surface area (Å²) in [6.07, 6.45) is 7.22. The van der Waals surface area contributed by atoms with Gasteiger partial charge in [0.2, 0.25) is 0 Å². The number of fused-ring (bicyclic) bond motifs is 8.